The first kappa shape index (κ1) is 19.9. The number of hydrogen-bond donors (Lipinski definition) is 2. The molecule has 1 aliphatic rings. The molecule has 0 bridgehead atoms. The van der Waals surface area contributed by atoms with Crippen LogP contribution in [-0.2, 0) is 12.8 Å². The van der Waals surface area contributed by atoms with E-state index in [0.717, 1.165) is 23.6 Å². The third-order valence-corrected chi connectivity index (χ3v) is 6.18. The average molecular weight is 425 g/mol. The van der Waals surface area contributed by atoms with E-state index in [2.05, 4.69) is 114 Å². The summed E-state index contributed by atoms with van der Waals surface area (Å²) in [4.78, 5) is 0. The Labute approximate surface area is 188 Å². The summed E-state index contributed by atoms with van der Waals surface area (Å²) in [5, 5.41) is 8.61. The second kappa shape index (κ2) is 8.58. The van der Waals surface area contributed by atoms with Crippen molar-refractivity contribution in [1.82, 2.24) is 5.32 Å². The largest absolute Gasteiger partial charge is 0.366 e. The van der Waals surface area contributed by atoms with Gasteiger partial charge in [0.15, 0.2) is 0 Å². The molecule has 1 heterocycles. The first-order valence-electron chi connectivity index (χ1n) is 10.7. The zero-order valence-electron chi connectivity index (χ0n) is 17.3. The lowest BCUT2D eigenvalue weighted by Crippen LogP contribution is -2.59. The quantitative estimate of drug-likeness (QED) is 0.376. The van der Waals surface area contributed by atoms with Gasteiger partial charge >= 0.3 is 0 Å². The molecular weight excluding hydrogens is 400 g/mol. The molecule has 5 rings (SSSR count). The fourth-order valence-corrected chi connectivity index (χ4v) is 4.76. The predicted molar refractivity (Wildman–Crippen MR) is 130 cm³/mol. The van der Waals surface area contributed by atoms with Gasteiger partial charge in [-0.05, 0) is 40.5 Å². The molecule has 31 heavy (non-hydrogen) atoms. The highest BCUT2D eigenvalue weighted by Crippen LogP contribution is 2.39. The van der Waals surface area contributed by atoms with Crippen LogP contribution in [-0.4, -0.2) is 5.66 Å². The maximum atomic E-state index is 6.40. The summed E-state index contributed by atoms with van der Waals surface area (Å²) in [6.07, 6.45) is 1.71. The molecule has 3 heteroatoms. The highest BCUT2D eigenvalue weighted by Gasteiger charge is 2.39. The third-order valence-electron chi connectivity index (χ3n) is 5.95. The van der Waals surface area contributed by atoms with Gasteiger partial charge in [0.1, 0.15) is 0 Å². The van der Waals surface area contributed by atoms with Crippen molar-refractivity contribution < 1.29 is 0 Å². The molecule has 1 atom stereocenters. The van der Waals surface area contributed by atoms with Crippen molar-refractivity contribution >= 4 is 17.3 Å². The summed E-state index contributed by atoms with van der Waals surface area (Å²) in [5.74, 6) is 0. The molecule has 2 N–H and O–H groups in total. The summed E-state index contributed by atoms with van der Waals surface area (Å²) >= 11 is 6.40. The van der Waals surface area contributed by atoms with Crippen molar-refractivity contribution in [2.24, 2.45) is 0 Å². The Hall–Kier alpha value is -3.07. The number of benzene rings is 4. The van der Waals surface area contributed by atoms with Crippen LogP contribution in [0.5, 0.6) is 0 Å². The lowest BCUT2D eigenvalue weighted by molar-refractivity contribution is 0.322. The fourth-order valence-electron chi connectivity index (χ4n) is 4.58. The van der Waals surface area contributed by atoms with Gasteiger partial charge in [-0.1, -0.05) is 103 Å². The van der Waals surface area contributed by atoms with Crippen LogP contribution in [0.15, 0.2) is 109 Å². The van der Waals surface area contributed by atoms with E-state index < -0.39 is 0 Å². The Morgan fingerprint density at radius 3 is 1.81 bits per heavy atom. The molecular formula is C28H25ClN2. The minimum atomic E-state index is -0.343. The van der Waals surface area contributed by atoms with E-state index in [1.165, 1.54) is 22.3 Å². The van der Waals surface area contributed by atoms with Gasteiger partial charge in [0.2, 0.25) is 0 Å². The fraction of sp³-hybridized carbons (Fsp3) is 0.143. The van der Waals surface area contributed by atoms with Crippen LogP contribution in [0.25, 0.3) is 0 Å². The summed E-state index contributed by atoms with van der Waals surface area (Å²) in [6, 6.07) is 38.2. The van der Waals surface area contributed by atoms with Crippen molar-refractivity contribution in [3.05, 3.63) is 136 Å². The standard InChI is InChI=1S/C28H25ClN2/c29-24-16-17-26-25(18-24)27(23-14-8-3-9-15-23)31-28(30-26,19-21-10-4-1-5-11-21)20-22-12-6-2-7-13-22/h1-18,27,30-31H,19-20H2/t27-/m0/s1. The summed E-state index contributed by atoms with van der Waals surface area (Å²) in [7, 11) is 0. The second-order valence-electron chi connectivity index (χ2n) is 8.25. The smallest absolute Gasteiger partial charge is 0.0971 e. The molecule has 0 saturated carbocycles. The van der Waals surface area contributed by atoms with E-state index in [-0.39, 0.29) is 11.7 Å². The Bertz CT molecular complexity index is 1100. The number of halogens is 1. The molecule has 0 fully saturated rings. The Kier molecular flexibility index (Phi) is 5.50. The lowest BCUT2D eigenvalue weighted by Gasteiger charge is -2.45. The molecule has 154 valence electrons. The maximum Gasteiger partial charge on any atom is 0.0971 e. The van der Waals surface area contributed by atoms with Crippen LogP contribution in [0.3, 0.4) is 0 Å². The van der Waals surface area contributed by atoms with Gasteiger partial charge in [0, 0.05) is 23.6 Å². The van der Waals surface area contributed by atoms with Crippen LogP contribution in [0.2, 0.25) is 5.02 Å². The first-order valence-corrected chi connectivity index (χ1v) is 11.1. The van der Waals surface area contributed by atoms with Crippen molar-refractivity contribution in [2.45, 2.75) is 24.5 Å². The van der Waals surface area contributed by atoms with Gasteiger partial charge in [0.05, 0.1) is 11.7 Å². The predicted octanol–water partition coefficient (Wildman–Crippen LogP) is 6.63. The number of fused-ring (bicyclic) bond motifs is 1. The van der Waals surface area contributed by atoms with E-state index in [1.54, 1.807) is 0 Å². The molecule has 4 aromatic rings. The molecule has 0 aliphatic carbocycles. The van der Waals surface area contributed by atoms with Crippen LogP contribution in [0.4, 0.5) is 5.69 Å². The van der Waals surface area contributed by atoms with Gasteiger partial charge in [0.25, 0.3) is 0 Å². The van der Waals surface area contributed by atoms with Crippen LogP contribution >= 0.6 is 11.6 Å². The van der Waals surface area contributed by atoms with E-state index in [4.69, 9.17) is 11.6 Å². The zero-order valence-corrected chi connectivity index (χ0v) is 18.0. The minimum Gasteiger partial charge on any atom is -0.366 e. The molecule has 4 aromatic carbocycles. The molecule has 2 nitrogen and oxygen atoms in total. The topological polar surface area (TPSA) is 24.1 Å². The normalized spacial score (nSPS) is 16.9. The van der Waals surface area contributed by atoms with Gasteiger partial charge < -0.3 is 5.32 Å². The molecule has 0 aromatic heterocycles. The van der Waals surface area contributed by atoms with Gasteiger partial charge in [-0.15, -0.1) is 0 Å². The minimum absolute atomic E-state index is 0.0450. The summed E-state index contributed by atoms with van der Waals surface area (Å²) in [6.45, 7) is 0. The Morgan fingerprint density at radius 2 is 1.23 bits per heavy atom. The van der Waals surface area contributed by atoms with Gasteiger partial charge in [-0.3, -0.25) is 5.32 Å². The molecule has 1 aliphatic heterocycles. The highest BCUT2D eigenvalue weighted by atomic mass is 35.5. The highest BCUT2D eigenvalue weighted by molar-refractivity contribution is 6.30. The van der Waals surface area contributed by atoms with Crippen molar-refractivity contribution in [1.29, 1.82) is 0 Å². The Balaban J connectivity index is 1.62. The number of hydrogen-bond acceptors (Lipinski definition) is 2. The summed E-state index contributed by atoms with van der Waals surface area (Å²) < 4.78 is 0. The van der Waals surface area contributed by atoms with Crippen LogP contribution < -0.4 is 10.6 Å². The van der Waals surface area contributed by atoms with E-state index in [1.807, 2.05) is 6.07 Å². The maximum absolute atomic E-state index is 6.40. The van der Waals surface area contributed by atoms with Gasteiger partial charge in [-0.25, -0.2) is 0 Å². The van der Waals surface area contributed by atoms with E-state index in [0.29, 0.717) is 0 Å². The van der Waals surface area contributed by atoms with Crippen LogP contribution in [0.1, 0.15) is 28.3 Å². The lowest BCUT2D eigenvalue weighted by atomic mass is 9.85. The molecule has 0 saturated heterocycles. The van der Waals surface area contributed by atoms with Crippen LogP contribution in [0, 0.1) is 0 Å². The third kappa shape index (κ3) is 4.36. The average Bonchev–Trinajstić information content (AvgIpc) is 2.81. The Morgan fingerprint density at radius 1 is 0.677 bits per heavy atom. The van der Waals surface area contributed by atoms with E-state index >= 15 is 0 Å². The molecule has 0 amide bonds. The van der Waals surface area contributed by atoms with Crippen molar-refractivity contribution in [3.8, 4) is 0 Å². The number of nitrogens with one attached hydrogen (secondary N) is 2. The van der Waals surface area contributed by atoms with Crippen molar-refractivity contribution in [3.63, 3.8) is 0 Å². The van der Waals surface area contributed by atoms with Gasteiger partial charge in [-0.2, -0.15) is 0 Å². The van der Waals surface area contributed by atoms with Crippen molar-refractivity contribution in [2.75, 3.05) is 5.32 Å². The molecule has 0 radical (unpaired) electrons. The molecule has 0 unspecified atom stereocenters. The number of rotatable bonds is 5. The SMILES string of the molecule is Clc1ccc2c(c1)[C@H](c1ccccc1)NC(Cc1ccccc1)(Cc1ccccc1)N2. The summed E-state index contributed by atoms with van der Waals surface area (Å²) in [5.41, 5.74) is 5.78. The number of anilines is 1. The molecule has 0 spiro atoms. The zero-order chi connectivity index (χ0) is 21.1. The first-order chi connectivity index (χ1) is 15.2. The van der Waals surface area contributed by atoms with E-state index in [9.17, 15) is 0 Å². The second-order valence-corrected chi connectivity index (χ2v) is 8.69. The monoisotopic (exact) mass is 424 g/mol.